The second-order valence-corrected chi connectivity index (χ2v) is 4.78. The van der Waals surface area contributed by atoms with Crippen molar-refractivity contribution in [2.45, 2.75) is 13.8 Å². The van der Waals surface area contributed by atoms with Crippen LogP contribution in [0.25, 0.3) is 11.1 Å². The Hall–Kier alpha value is -2.49. The van der Waals surface area contributed by atoms with E-state index in [1.807, 2.05) is 32.0 Å². The highest BCUT2D eigenvalue weighted by atomic mass is 16.7. The molecule has 0 atom stereocenters. The first-order chi connectivity index (χ1) is 9.59. The zero-order chi connectivity index (χ0) is 14.3. The molecule has 0 bridgehead atoms. The van der Waals surface area contributed by atoms with E-state index in [0.29, 0.717) is 11.5 Å². The third-order valence-corrected chi connectivity index (χ3v) is 3.64. The van der Waals surface area contributed by atoms with E-state index in [4.69, 9.17) is 9.47 Å². The summed E-state index contributed by atoms with van der Waals surface area (Å²) in [5, 5.41) is 9.17. The summed E-state index contributed by atoms with van der Waals surface area (Å²) in [5.74, 6) is -0.186. The van der Waals surface area contributed by atoms with Crippen LogP contribution in [0.2, 0.25) is 0 Å². The van der Waals surface area contributed by atoms with Crippen molar-refractivity contribution in [2.24, 2.45) is 0 Å². The summed E-state index contributed by atoms with van der Waals surface area (Å²) < 4.78 is 10.8. The molecule has 2 aromatic carbocycles. The van der Waals surface area contributed by atoms with E-state index in [1.165, 1.54) is 5.56 Å². The van der Waals surface area contributed by atoms with Crippen LogP contribution >= 0.6 is 0 Å². The molecular formula is C16H14O4. The van der Waals surface area contributed by atoms with Gasteiger partial charge in [0.05, 0.1) is 0 Å². The first-order valence-electron chi connectivity index (χ1n) is 6.32. The molecule has 0 spiro atoms. The zero-order valence-corrected chi connectivity index (χ0v) is 11.3. The Morgan fingerprint density at radius 3 is 2.55 bits per heavy atom. The molecule has 0 saturated carbocycles. The number of carboxylic acids is 1. The van der Waals surface area contributed by atoms with Gasteiger partial charge in [0, 0.05) is 5.56 Å². The minimum atomic E-state index is -1.01. The molecule has 1 N–H and O–H groups in total. The molecule has 102 valence electrons. The average molecular weight is 270 g/mol. The average Bonchev–Trinajstić information content (AvgIpc) is 2.90. The van der Waals surface area contributed by atoms with E-state index < -0.39 is 5.97 Å². The molecule has 20 heavy (non-hydrogen) atoms. The number of hydrogen-bond acceptors (Lipinski definition) is 3. The summed E-state index contributed by atoms with van der Waals surface area (Å²) in [4.78, 5) is 11.2. The number of ether oxygens (including phenoxy) is 2. The quantitative estimate of drug-likeness (QED) is 0.908. The van der Waals surface area contributed by atoms with Gasteiger partial charge in [0.1, 0.15) is 5.56 Å². The Morgan fingerprint density at radius 1 is 1.05 bits per heavy atom. The van der Waals surface area contributed by atoms with Gasteiger partial charge in [-0.3, -0.25) is 0 Å². The normalized spacial score (nSPS) is 12.5. The lowest BCUT2D eigenvalue weighted by Crippen LogP contribution is -1.99. The van der Waals surface area contributed by atoms with Gasteiger partial charge < -0.3 is 14.6 Å². The van der Waals surface area contributed by atoms with Crippen molar-refractivity contribution in [1.82, 2.24) is 0 Å². The van der Waals surface area contributed by atoms with Gasteiger partial charge in [-0.15, -0.1) is 0 Å². The molecule has 1 aliphatic heterocycles. The van der Waals surface area contributed by atoms with Crippen LogP contribution in [0.3, 0.4) is 0 Å². The summed E-state index contributed by atoms with van der Waals surface area (Å²) in [6.45, 7) is 4.14. The predicted molar refractivity (Wildman–Crippen MR) is 74.4 cm³/mol. The third kappa shape index (κ3) is 1.81. The molecular weight excluding hydrogens is 256 g/mol. The minimum absolute atomic E-state index is 0.0531. The lowest BCUT2D eigenvalue weighted by atomic mass is 9.95. The predicted octanol–water partition coefficient (Wildman–Crippen LogP) is 3.40. The first kappa shape index (κ1) is 12.5. The Labute approximate surface area is 116 Å². The fraction of sp³-hybridized carbons (Fsp3) is 0.188. The topological polar surface area (TPSA) is 55.8 Å². The number of carboxylic acid groups (broad SMARTS) is 1. The number of benzene rings is 2. The van der Waals surface area contributed by atoms with Crippen molar-refractivity contribution in [3.63, 3.8) is 0 Å². The highest BCUT2D eigenvalue weighted by Gasteiger charge is 2.26. The van der Waals surface area contributed by atoms with Crippen LogP contribution < -0.4 is 9.47 Å². The van der Waals surface area contributed by atoms with E-state index in [9.17, 15) is 9.90 Å². The molecule has 0 amide bonds. The molecule has 1 aliphatic rings. The molecule has 2 aromatic rings. The SMILES string of the molecule is Cc1cccc(-c2ccc(C(=O)O)c3c2OCO3)c1C. The monoisotopic (exact) mass is 270 g/mol. The number of carbonyl (C=O) groups is 1. The molecule has 1 heterocycles. The molecule has 0 aliphatic carbocycles. The molecule has 0 saturated heterocycles. The number of rotatable bonds is 2. The maximum atomic E-state index is 11.2. The van der Waals surface area contributed by atoms with Crippen LogP contribution in [0.4, 0.5) is 0 Å². The maximum absolute atomic E-state index is 11.2. The molecule has 0 fully saturated rings. The van der Waals surface area contributed by atoms with Gasteiger partial charge in [-0.05, 0) is 42.7 Å². The summed E-state index contributed by atoms with van der Waals surface area (Å²) in [6, 6.07) is 9.36. The van der Waals surface area contributed by atoms with Crippen LogP contribution in [0.1, 0.15) is 21.5 Å². The number of aryl methyl sites for hydroxylation is 1. The van der Waals surface area contributed by atoms with Gasteiger partial charge in [-0.2, -0.15) is 0 Å². The lowest BCUT2D eigenvalue weighted by molar-refractivity contribution is 0.0692. The van der Waals surface area contributed by atoms with Gasteiger partial charge in [0.15, 0.2) is 11.5 Å². The lowest BCUT2D eigenvalue weighted by Gasteiger charge is -2.12. The number of hydrogen-bond donors (Lipinski definition) is 1. The van der Waals surface area contributed by atoms with E-state index in [-0.39, 0.29) is 12.4 Å². The van der Waals surface area contributed by atoms with Gasteiger partial charge in [0.25, 0.3) is 0 Å². The van der Waals surface area contributed by atoms with Crippen LogP contribution in [0.15, 0.2) is 30.3 Å². The zero-order valence-electron chi connectivity index (χ0n) is 11.3. The van der Waals surface area contributed by atoms with E-state index >= 15 is 0 Å². The third-order valence-electron chi connectivity index (χ3n) is 3.64. The van der Waals surface area contributed by atoms with E-state index in [1.54, 1.807) is 12.1 Å². The van der Waals surface area contributed by atoms with Gasteiger partial charge in [0.2, 0.25) is 6.79 Å². The number of aromatic carboxylic acids is 1. The summed E-state index contributed by atoms with van der Waals surface area (Å²) in [7, 11) is 0. The van der Waals surface area contributed by atoms with Crippen LogP contribution in [0.5, 0.6) is 11.5 Å². The number of fused-ring (bicyclic) bond motifs is 1. The Bertz CT molecular complexity index is 704. The van der Waals surface area contributed by atoms with Crippen molar-refractivity contribution in [3.8, 4) is 22.6 Å². The fourth-order valence-corrected chi connectivity index (χ4v) is 2.42. The molecule has 4 heteroatoms. The second-order valence-electron chi connectivity index (χ2n) is 4.78. The second kappa shape index (κ2) is 4.56. The molecule has 0 unspecified atom stereocenters. The fourth-order valence-electron chi connectivity index (χ4n) is 2.42. The molecule has 4 nitrogen and oxygen atoms in total. The Kier molecular flexibility index (Phi) is 2.86. The Balaban J connectivity index is 2.24. The van der Waals surface area contributed by atoms with Gasteiger partial charge >= 0.3 is 5.97 Å². The van der Waals surface area contributed by atoms with Gasteiger partial charge in [-0.1, -0.05) is 18.2 Å². The first-order valence-corrected chi connectivity index (χ1v) is 6.32. The Morgan fingerprint density at radius 2 is 1.80 bits per heavy atom. The minimum Gasteiger partial charge on any atom is -0.478 e. The van der Waals surface area contributed by atoms with E-state index in [0.717, 1.165) is 16.7 Å². The summed E-state index contributed by atoms with van der Waals surface area (Å²) >= 11 is 0. The van der Waals surface area contributed by atoms with Crippen LogP contribution in [-0.2, 0) is 0 Å². The maximum Gasteiger partial charge on any atom is 0.339 e. The van der Waals surface area contributed by atoms with Crippen LogP contribution in [0, 0.1) is 13.8 Å². The summed E-state index contributed by atoms with van der Waals surface area (Å²) in [5.41, 5.74) is 4.35. The van der Waals surface area contributed by atoms with Crippen molar-refractivity contribution in [1.29, 1.82) is 0 Å². The largest absolute Gasteiger partial charge is 0.478 e. The smallest absolute Gasteiger partial charge is 0.339 e. The van der Waals surface area contributed by atoms with Crippen molar-refractivity contribution in [2.75, 3.05) is 6.79 Å². The highest BCUT2D eigenvalue weighted by molar-refractivity contribution is 5.94. The van der Waals surface area contributed by atoms with E-state index in [2.05, 4.69) is 0 Å². The van der Waals surface area contributed by atoms with Crippen molar-refractivity contribution < 1.29 is 19.4 Å². The van der Waals surface area contributed by atoms with Crippen molar-refractivity contribution in [3.05, 3.63) is 47.0 Å². The highest BCUT2D eigenvalue weighted by Crippen LogP contribution is 2.44. The van der Waals surface area contributed by atoms with Gasteiger partial charge in [-0.25, -0.2) is 4.79 Å². The van der Waals surface area contributed by atoms with Crippen molar-refractivity contribution >= 4 is 5.97 Å². The standard InChI is InChI=1S/C16H14O4/c1-9-4-3-5-11(10(9)2)12-6-7-13(16(17)18)15-14(12)19-8-20-15/h3-7H,8H2,1-2H3,(H,17,18). The summed E-state index contributed by atoms with van der Waals surface area (Å²) in [6.07, 6.45) is 0. The molecule has 0 aromatic heterocycles. The van der Waals surface area contributed by atoms with Crippen LogP contribution in [-0.4, -0.2) is 17.9 Å². The molecule has 0 radical (unpaired) electrons. The molecule has 3 rings (SSSR count).